The Bertz CT molecular complexity index is 682. The Hall–Kier alpha value is -1.85. The van der Waals surface area contributed by atoms with Gasteiger partial charge < -0.3 is 10.1 Å². The first-order chi connectivity index (χ1) is 10.5. The third-order valence-electron chi connectivity index (χ3n) is 3.38. The van der Waals surface area contributed by atoms with Crippen molar-refractivity contribution < 1.29 is 13.2 Å². The van der Waals surface area contributed by atoms with E-state index in [4.69, 9.17) is 4.74 Å². The van der Waals surface area contributed by atoms with Crippen LogP contribution in [-0.4, -0.2) is 27.5 Å². The van der Waals surface area contributed by atoms with Crippen LogP contribution in [0, 0.1) is 0 Å². The van der Waals surface area contributed by atoms with Crippen molar-refractivity contribution in [2.45, 2.75) is 12.6 Å². The summed E-state index contributed by atoms with van der Waals surface area (Å²) in [6.07, 6.45) is 1.26. The minimum Gasteiger partial charge on any atom is -0.497 e. The number of sulfone groups is 1. The normalized spacial score (nSPS) is 12.8. The van der Waals surface area contributed by atoms with E-state index in [-0.39, 0.29) is 11.8 Å². The number of benzene rings is 2. The first kappa shape index (κ1) is 16.5. The second-order valence-corrected chi connectivity index (χ2v) is 7.47. The summed E-state index contributed by atoms with van der Waals surface area (Å²) in [5, 5.41) is 3.33. The minimum atomic E-state index is -3.07. The van der Waals surface area contributed by atoms with E-state index in [0.29, 0.717) is 6.54 Å². The lowest BCUT2D eigenvalue weighted by Crippen LogP contribution is -2.27. The maximum Gasteiger partial charge on any atom is 0.149 e. The Morgan fingerprint density at radius 2 is 1.68 bits per heavy atom. The monoisotopic (exact) mass is 319 g/mol. The highest BCUT2D eigenvalue weighted by atomic mass is 32.2. The third kappa shape index (κ3) is 5.16. The van der Waals surface area contributed by atoms with Crippen LogP contribution in [0.5, 0.6) is 5.75 Å². The van der Waals surface area contributed by atoms with E-state index in [0.717, 1.165) is 16.9 Å². The molecule has 2 rings (SSSR count). The topological polar surface area (TPSA) is 55.4 Å². The summed E-state index contributed by atoms with van der Waals surface area (Å²) in [5.41, 5.74) is 2.05. The summed E-state index contributed by atoms with van der Waals surface area (Å²) < 4.78 is 28.4. The zero-order chi connectivity index (χ0) is 16.0. The van der Waals surface area contributed by atoms with Crippen LogP contribution in [0.4, 0.5) is 0 Å². The third-order valence-corrected chi connectivity index (χ3v) is 4.32. The average Bonchev–Trinajstić information content (AvgIpc) is 2.52. The molecule has 0 unspecified atom stereocenters. The molecular weight excluding hydrogens is 298 g/mol. The first-order valence-electron chi connectivity index (χ1n) is 7.07. The predicted octanol–water partition coefficient (Wildman–Crippen LogP) is 2.57. The van der Waals surface area contributed by atoms with E-state index in [2.05, 4.69) is 5.32 Å². The molecule has 4 nitrogen and oxygen atoms in total. The highest BCUT2D eigenvalue weighted by molar-refractivity contribution is 7.90. The van der Waals surface area contributed by atoms with E-state index < -0.39 is 9.84 Å². The van der Waals surface area contributed by atoms with Crippen molar-refractivity contribution in [3.8, 4) is 5.75 Å². The fraction of sp³-hybridized carbons (Fsp3) is 0.294. The van der Waals surface area contributed by atoms with Gasteiger partial charge in [-0.25, -0.2) is 8.42 Å². The van der Waals surface area contributed by atoms with Gasteiger partial charge in [-0.1, -0.05) is 42.5 Å². The van der Waals surface area contributed by atoms with Crippen LogP contribution >= 0.6 is 0 Å². The molecule has 0 fully saturated rings. The number of nitrogens with one attached hydrogen (secondary N) is 1. The van der Waals surface area contributed by atoms with Gasteiger partial charge in [0, 0.05) is 18.8 Å². The van der Waals surface area contributed by atoms with E-state index in [1.165, 1.54) is 6.26 Å². The Balaban J connectivity index is 2.09. The molecule has 2 aromatic rings. The molecule has 118 valence electrons. The molecule has 22 heavy (non-hydrogen) atoms. The molecule has 0 radical (unpaired) electrons. The maximum absolute atomic E-state index is 11.7. The van der Waals surface area contributed by atoms with E-state index in [9.17, 15) is 8.42 Å². The van der Waals surface area contributed by atoms with Crippen LogP contribution in [0.15, 0.2) is 54.6 Å². The lowest BCUT2D eigenvalue weighted by atomic mass is 10.1. The van der Waals surface area contributed by atoms with Crippen molar-refractivity contribution in [2.24, 2.45) is 0 Å². The Labute approximate surface area is 132 Å². The molecule has 0 amide bonds. The van der Waals surface area contributed by atoms with Crippen LogP contribution in [0.1, 0.15) is 17.2 Å². The van der Waals surface area contributed by atoms with Crippen molar-refractivity contribution >= 4 is 9.84 Å². The van der Waals surface area contributed by atoms with Crippen LogP contribution in [-0.2, 0) is 16.4 Å². The molecule has 1 N–H and O–H groups in total. The van der Waals surface area contributed by atoms with Crippen molar-refractivity contribution in [1.29, 1.82) is 0 Å². The van der Waals surface area contributed by atoms with Gasteiger partial charge in [-0.05, 0) is 23.3 Å². The molecule has 0 bridgehead atoms. The number of hydrogen-bond acceptors (Lipinski definition) is 4. The summed E-state index contributed by atoms with van der Waals surface area (Å²) in [7, 11) is -1.44. The SMILES string of the molecule is COc1ccc(CN[C@H](CS(C)(=O)=O)c2ccccc2)cc1. The molecule has 0 aliphatic rings. The van der Waals surface area contributed by atoms with Gasteiger partial charge in [-0.3, -0.25) is 0 Å². The van der Waals surface area contributed by atoms with Gasteiger partial charge in [0.1, 0.15) is 15.6 Å². The van der Waals surface area contributed by atoms with E-state index in [1.54, 1.807) is 7.11 Å². The van der Waals surface area contributed by atoms with Gasteiger partial charge >= 0.3 is 0 Å². The molecule has 2 aromatic carbocycles. The molecule has 0 spiro atoms. The quantitative estimate of drug-likeness (QED) is 0.852. The van der Waals surface area contributed by atoms with Gasteiger partial charge in [0.05, 0.1) is 12.9 Å². The lowest BCUT2D eigenvalue weighted by Gasteiger charge is -2.18. The van der Waals surface area contributed by atoms with Crippen molar-refractivity contribution in [3.05, 3.63) is 65.7 Å². The van der Waals surface area contributed by atoms with Crippen molar-refractivity contribution in [1.82, 2.24) is 5.32 Å². The van der Waals surface area contributed by atoms with Crippen LogP contribution in [0.25, 0.3) is 0 Å². The van der Waals surface area contributed by atoms with Gasteiger partial charge in [0.25, 0.3) is 0 Å². The van der Waals surface area contributed by atoms with Crippen LogP contribution in [0.3, 0.4) is 0 Å². The highest BCUT2D eigenvalue weighted by Gasteiger charge is 2.16. The molecule has 0 heterocycles. The minimum absolute atomic E-state index is 0.0766. The Morgan fingerprint density at radius 3 is 2.23 bits per heavy atom. The van der Waals surface area contributed by atoms with Gasteiger partial charge in [-0.2, -0.15) is 0 Å². The lowest BCUT2D eigenvalue weighted by molar-refractivity contribution is 0.414. The summed E-state index contributed by atoms with van der Waals surface area (Å²) in [4.78, 5) is 0. The standard InChI is InChI=1S/C17H21NO3S/c1-21-16-10-8-14(9-11-16)12-18-17(13-22(2,19)20)15-6-4-3-5-7-15/h3-11,17-18H,12-13H2,1-2H3/t17-/m1/s1. The highest BCUT2D eigenvalue weighted by Crippen LogP contribution is 2.17. The van der Waals surface area contributed by atoms with Crippen molar-refractivity contribution in [3.63, 3.8) is 0 Å². The van der Waals surface area contributed by atoms with E-state index in [1.807, 2.05) is 54.6 Å². The van der Waals surface area contributed by atoms with Crippen LogP contribution < -0.4 is 10.1 Å². The number of methoxy groups -OCH3 is 1. The number of hydrogen-bond donors (Lipinski definition) is 1. The molecule has 0 saturated heterocycles. The smallest absolute Gasteiger partial charge is 0.149 e. The fourth-order valence-corrected chi connectivity index (χ4v) is 3.16. The van der Waals surface area contributed by atoms with Crippen LogP contribution in [0.2, 0.25) is 0 Å². The number of rotatable bonds is 7. The van der Waals surface area contributed by atoms with Gasteiger partial charge in [-0.15, -0.1) is 0 Å². The van der Waals surface area contributed by atoms with E-state index >= 15 is 0 Å². The zero-order valence-electron chi connectivity index (χ0n) is 12.8. The second-order valence-electron chi connectivity index (χ2n) is 5.28. The molecular formula is C17H21NO3S. The predicted molar refractivity (Wildman–Crippen MR) is 88.7 cm³/mol. The first-order valence-corrected chi connectivity index (χ1v) is 9.13. The second kappa shape index (κ2) is 7.42. The van der Waals surface area contributed by atoms with Gasteiger partial charge in [0.2, 0.25) is 0 Å². The zero-order valence-corrected chi connectivity index (χ0v) is 13.6. The Kier molecular flexibility index (Phi) is 5.57. The largest absolute Gasteiger partial charge is 0.497 e. The van der Waals surface area contributed by atoms with Gasteiger partial charge in [0.15, 0.2) is 0 Å². The molecule has 0 aromatic heterocycles. The molecule has 0 aliphatic carbocycles. The molecule has 5 heteroatoms. The fourth-order valence-electron chi connectivity index (χ4n) is 2.25. The molecule has 0 saturated carbocycles. The average molecular weight is 319 g/mol. The summed E-state index contributed by atoms with van der Waals surface area (Å²) in [6.45, 7) is 0.596. The Morgan fingerprint density at radius 1 is 1.05 bits per heavy atom. The summed E-state index contributed by atoms with van der Waals surface area (Å²) in [5.74, 6) is 0.882. The number of ether oxygens (including phenoxy) is 1. The molecule has 0 aliphatic heterocycles. The van der Waals surface area contributed by atoms with Crippen molar-refractivity contribution in [2.75, 3.05) is 19.1 Å². The summed E-state index contributed by atoms with van der Waals surface area (Å²) >= 11 is 0. The molecule has 1 atom stereocenters. The maximum atomic E-state index is 11.7. The summed E-state index contributed by atoms with van der Waals surface area (Å²) in [6, 6.07) is 17.1.